The molecule has 0 fully saturated rings. The third-order valence-electron chi connectivity index (χ3n) is 3.45. The van der Waals surface area contributed by atoms with E-state index in [0.29, 0.717) is 5.56 Å². The predicted octanol–water partition coefficient (Wildman–Crippen LogP) is 2.82. The minimum Gasteiger partial charge on any atom is -0.449 e. The van der Waals surface area contributed by atoms with Crippen molar-refractivity contribution >= 4 is 17.0 Å². The first-order valence-corrected chi connectivity index (χ1v) is 6.06. The number of cyclic esters (lactones) is 1. The van der Waals surface area contributed by atoms with Crippen LogP contribution < -0.4 is 0 Å². The summed E-state index contributed by atoms with van der Waals surface area (Å²) in [4.78, 5) is 19.2. The lowest BCUT2D eigenvalue weighted by Gasteiger charge is -2.09. The van der Waals surface area contributed by atoms with E-state index in [-0.39, 0.29) is 12.1 Å². The highest BCUT2D eigenvalue weighted by atomic mass is 16.5. The molecule has 4 heteroatoms. The Bertz CT molecular complexity index is 791. The monoisotopic (exact) mass is 250 g/mol. The number of H-pyrrole nitrogens is 1. The number of benzene rings is 1. The number of aromatic nitrogens is 2. The second kappa shape index (κ2) is 3.68. The molecule has 4 nitrogen and oxygen atoms in total. The van der Waals surface area contributed by atoms with Crippen LogP contribution in [0.3, 0.4) is 0 Å². The normalized spacial score (nSPS) is 17.5. The van der Waals surface area contributed by atoms with E-state index in [1.54, 1.807) is 12.3 Å². The fraction of sp³-hybridized carbons (Fsp3) is 0.0667. The minimum atomic E-state index is -0.346. The number of ether oxygens (including phenoxy) is 1. The smallest absolute Gasteiger partial charge is 0.339 e. The topological polar surface area (TPSA) is 55.0 Å². The molecule has 1 atom stereocenters. The third kappa shape index (κ3) is 1.40. The maximum Gasteiger partial charge on any atom is 0.339 e. The summed E-state index contributed by atoms with van der Waals surface area (Å²) in [5, 5.41) is 0.983. The van der Waals surface area contributed by atoms with E-state index in [9.17, 15) is 4.79 Å². The molecule has 92 valence electrons. The highest BCUT2D eigenvalue weighted by Crippen LogP contribution is 2.38. The van der Waals surface area contributed by atoms with E-state index < -0.39 is 0 Å². The predicted molar refractivity (Wildman–Crippen MR) is 69.8 cm³/mol. The average molecular weight is 250 g/mol. The standard InChI is InChI=1S/C15H10N2O2/c18-15-11-5-2-1-4-9(11)13(19-15)12-8-17-14-10(12)6-3-7-16-14/h1-8,13H,(H,16,17). The number of esters is 1. The lowest BCUT2D eigenvalue weighted by atomic mass is 9.99. The van der Waals surface area contributed by atoms with E-state index >= 15 is 0 Å². The lowest BCUT2D eigenvalue weighted by Crippen LogP contribution is -1.99. The molecule has 0 saturated heterocycles. The average Bonchev–Trinajstić information content (AvgIpc) is 3.01. The Labute approximate surface area is 109 Å². The van der Waals surface area contributed by atoms with Crippen LogP contribution in [-0.2, 0) is 4.74 Å². The van der Waals surface area contributed by atoms with Gasteiger partial charge >= 0.3 is 5.97 Å². The van der Waals surface area contributed by atoms with Gasteiger partial charge in [-0.05, 0) is 18.2 Å². The summed E-state index contributed by atoms with van der Waals surface area (Å²) < 4.78 is 5.50. The number of carbonyl (C=O) groups excluding carboxylic acids is 1. The van der Waals surface area contributed by atoms with E-state index in [1.165, 1.54) is 0 Å². The fourth-order valence-electron chi connectivity index (χ4n) is 2.57. The maximum absolute atomic E-state index is 11.9. The van der Waals surface area contributed by atoms with Crippen LogP contribution in [-0.4, -0.2) is 15.9 Å². The molecule has 0 saturated carbocycles. The van der Waals surface area contributed by atoms with Gasteiger partial charge < -0.3 is 9.72 Å². The second-order valence-corrected chi connectivity index (χ2v) is 4.52. The molecule has 1 unspecified atom stereocenters. The first-order valence-electron chi connectivity index (χ1n) is 6.06. The van der Waals surface area contributed by atoms with E-state index in [0.717, 1.165) is 22.2 Å². The van der Waals surface area contributed by atoms with Gasteiger partial charge in [-0.3, -0.25) is 0 Å². The van der Waals surface area contributed by atoms with Crippen LogP contribution in [0.5, 0.6) is 0 Å². The van der Waals surface area contributed by atoms with Gasteiger partial charge in [-0.1, -0.05) is 18.2 Å². The van der Waals surface area contributed by atoms with Gasteiger partial charge in [0, 0.05) is 28.9 Å². The number of hydrogen-bond donors (Lipinski definition) is 1. The molecule has 1 N–H and O–H groups in total. The van der Waals surface area contributed by atoms with Crippen molar-refractivity contribution in [1.29, 1.82) is 0 Å². The summed E-state index contributed by atoms with van der Waals surface area (Å²) >= 11 is 0. The van der Waals surface area contributed by atoms with E-state index in [2.05, 4.69) is 9.97 Å². The lowest BCUT2D eigenvalue weighted by molar-refractivity contribution is 0.0458. The van der Waals surface area contributed by atoms with Gasteiger partial charge in [0.05, 0.1) is 5.56 Å². The summed E-state index contributed by atoms with van der Waals surface area (Å²) in [6.07, 6.45) is 3.25. The Morgan fingerprint density at radius 2 is 2.00 bits per heavy atom. The Hall–Kier alpha value is -2.62. The van der Waals surface area contributed by atoms with Crippen molar-refractivity contribution in [1.82, 2.24) is 9.97 Å². The molecule has 0 radical (unpaired) electrons. The molecule has 0 aliphatic carbocycles. The zero-order valence-electron chi connectivity index (χ0n) is 9.96. The molecular weight excluding hydrogens is 240 g/mol. The second-order valence-electron chi connectivity index (χ2n) is 4.52. The number of aromatic amines is 1. The van der Waals surface area contributed by atoms with Crippen LogP contribution in [0, 0.1) is 0 Å². The number of pyridine rings is 1. The highest BCUT2D eigenvalue weighted by molar-refractivity contribution is 5.95. The summed E-state index contributed by atoms with van der Waals surface area (Å²) in [6.45, 7) is 0. The van der Waals surface area contributed by atoms with Crippen molar-refractivity contribution in [2.45, 2.75) is 6.10 Å². The number of nitrogens with one attached hydrogen (secondary N) is 1. The van der Waals surface area contributed by atoms with Crippen molar-refractivity contribution in [3.63, 3.8) is 0 Å². The number of hydrogen-bond acceptors (Lipinski definition) is 3. The van der Waals surface area contributed by atoms with Crippen molar-refractivity contribution in [2.24, 2.45) is 0 Å². The first-order chi connectivity index (χ1) is 9.34. The van der Waals surface area contributed by atoms with Crippen LogP contribution in [0.1, 0.15) is 27.6 Å². The Balaban J connectivity index is 1.93. The molecular formula is C15H10N2O2. The summed E-state index contributed by atoms with van der Waals surface area (Å²) in [5.41, 5.74) is 3.31. The highest BCUT2D eigenvalue weighted by Gasteiger charge is 2.33. The van der Waals surface area contributed by atoms with Crippen molar-refractivity contribution in [3.8, 4) is 0 Å². The van der Waals surface area contributed by atoms with Crippen molar-refractivity contribution in [3.05, 3.63) is 65.5 Å². The SMILES string of the molecule is O=C1OC(c2c[nH]c3ncccc23)c2ccccc21. The van der Waals surface area contributed by atoms with Crippen molar-refractivity contribution < 1.29 is 9.53 Å². The van der Waals surface area contributed by atoms with Gasteiger partial charge in [0.2, 0.25) is 0 Å². The van der Waals surface area contributed by atoms with Crippen LogP contribution >= 0.6 is 0 Å². The minimum absolute atomic E-state index is 0.265. The van der Waals surface area contributed by atoms with Crippen LogP contribution in [0.4, 0.5) is 0 Å². The molecule has 0 amide bonds. The van der Waals surface area contributed by atoms with Gasteiger partial charge in [0.25, 0.3) is 0 Å². The summed E-state index contributed by atoms with van der Waals surface area (Å²) in [5.74, 6) is -0.265. The summed E-state index contributed by atoms with van der Waals surface area (Å²) in [6, 6.07) is 11.3. The molecule has 2 aromatic heterocycles. The largest absolute Gasteiger partial charge is 0.449 e. The first kappa shape index (κ1) is 10.3. The maximum atomic E-state index is 11.9. The molecule has 0 bridgehead atoms. The van der Waals surface area contributed by atoms with Gasteiger partial charge in [-0.25, -0.2) is 9.78 Å². The van der Waals surface area contributed by atoms with E-state index in [1.807, 2.05) is 36.5 Å². The van der Waals surface area contributed by atoms with Gasteiger partial charge in [-0.2, -0.15) is 0 Å². The molecule has 19 heavy (non-hydrogen) atoms. The number of carbonyl (C=O) groups is 1. The summed E-state index contributed by atoms with van der Waals surface area (Å²) in [7, 11) is 0. The van der Waals surface area contributed by atoms with Gasteiger partial charge in [-0.15, -0.1) is 0 Å². The Kier molecular flexibility index (Phi) is 2.00. The number of nitrogens with zero attached hydrogens (tertiary/aromatic N) is 1. The fourth-order valence-corrected chi connectivity index (χ4v) is 2.57. The van der Waals surface area contributed by atoms with Gasteiger partial charge in [0.15, 0.2) is 6.10 Å². The van der Waals surface area contributed by atoms with Crippen LogP contribution in [0.15, 0.2) is 48.8 Å². The van der Waals surface area contributed by atoms with Gasteiger partial charge in [0.1, 0.15) is 5.65 Å². The molecule has 3 heterocycles. The molecule has 1 aliphatic rings. The number of rotatable bonds is 1. The Morgan fingerprint density at radius 1 is 1.11 bits per heavy atom. The molecule has 1 aliphatic heterocycles. The molecule has 4 rings (SSSR count). The van der Waals surface area contributed by atoms with E-state index in [4.69, 9.17) is 4.74 Å². The quantitative estimate of drug-likeness (QED) is 0.676. The zero-order chi connectivity index (χ0) is 12.8. The third-order valence-corrected chi connectivity index (χ3v) is 3.45. The molecule has 3 aromatic rings. The zero-order valence-corrected chi connectivity index (χ0v) is 9.96. The Morgan fingerprint density at radius 3 is 2.95 bits per heavy atom. The van der Waals surface area contributed by atoms with Crippen molar-refractivity contribution in [2.75, 3.05) is 0 Å². The van der Waals surface area contributed by atoms with Crippen LogP contribution in [0.2, 0.25) is 0 Å². The molecule has 0 spiro atoms. The van der Waals surface area contributed by atoms with Crippen LogP contribution in [0.25, 0.3) is 11.0 Å². The number of fused-ring (bicyclic) bond motifs is 2. The molecule has 1 aromatic carbocycles.